The number of amides is 4. The number of hydrogen-bond acceptors (Lipinski definition) is 7. The highest BCUT2D eigenvalue weighted by Crippen LogP contribution is 2.21. The fraction of sp³-hybridized carbons (Fsp3) is 0.214. The number of halogens is 1. The molecule has 13 heteroatoms. The fourth-order valence-corrected chi connectivity index (χ4v) is 6.92. The van der Waals surface area contributed by atoms with Crippen molar-refractivity contribution in [1.82, 2.24) is 21.3 Å². The number of nitrogens with one attached hydrogen (secondary N) is 4. The first-order chi connectivity index (χ1) is 26.6. The Morgan fingerprint density at radius 2 is 1.22 bits per heavy atom. The number of thiophene rings is 1. The van der Waals surface area contributed by atoms with Gasteiger partial charge in [-0.3, -0.25) is 19.2 Å². The van der Waals surface area contributed by atoms with E-state index in [1.54, 1.807) is 24.3 Å². The normalized spacial score (nSPS) is 19.7. The summed E-state index contributed by atoms with van der Waals surface area (Å²) < 4.78 is 19.5. The van der Waals surface area contributed by atoms with Gasteiger partial charge in [-0.2, -0.15) is 0 Å². The van der Waals surface area contributed by atoms with Gasteiger partial charge in [0.15, 0.2) is 6.61 Å². The van der Waals surface area contributed by atoms with Crippen LogP contribution >= 0.6 is 11.3 Å². The van der Waals surface area contributed by atoms with Crippen molar-refractivity contribution in [2.45, 2.75) is 49.9 Å². The molecule has 3 heterocycles. The average Bonchev–Trinajstić information content (AvgIpc) is 3.71. The molecule has 0 saturated heterocycles. The number of benzene rings is 4. The number of hydrogen-bond donors (Lipinski definition) is 5. The number of aliphatic carboxylic acids is 1. The molecule has 4 amide bonds. The van der Waals surface area contributed by atoms with Crippen LogP contribution in [0.1, 0.15) is 21.6 Å². The van der Waals surface area contributed by atoms with Crippen LogP contribution in [0.3, 0.4) is 0 Å². The van der Waals surface area contributed by atoms with E-state index in [2.05, 4.69) is 21.3 Å². The standard InChI is InChI=1S/C42H39FN4O7S/c43-31-16-10-27(11-17-31)22-35-40(50)47-37(42(52)53)23-28-12-18-32(19-13-28)54-25-38(48)44-36(24-33-7-4-20-55-33)41(51)46-34(39(49)45-35)21-26-8-14-30(15-9-26)29-5-2-1-3-6-29/h1-20,34-37H,21-25H2,(H,44,48)(H,45,49)(H,46,51)(H,47,50)(H,52,53)/t34-,35+,36+,37-/m0/s1. The Labute approximate surface area is 320 Å². The lowest BCUT2D eigenvalue weighted by molar-refractivity contribution is -0.142. The van der Waals surface area contributed by atoms with Gasteiger partial charge < -0.3 is 31.1 Å². The van der Waals surface area contributed by atoms with Gasteiger partial charge in [0.1, 0.15) is 35.7 Å². The Kier molecular flexibility index (Phi) is 12.7. The predicted octanol–water partition coefficient (Wildman–Crippen LogP) is 4.24. The predicted molar refractivity (Wildman–Crippen MR) is 205 cm³/mol. The summed E-state index contributed by atoms with van der Waals surface area (Å²) in [5.74, 6) is -4.20. The SMILES string of the molecule is O=C1COc2ccc(cc2)C[C@@H](C(=O)O)NC(=O)[C@@H](Cc2ccc(F)cc2)NC(=O)[C@H](Cc2ccc(-c3ccccc3)cc2)NC(=O)[C@@H](Cc2cccs2)N1. The number of ether oxygens (including phenoxy) is 1. The lowest BCUT2D eigenvalue weighted by Crippen LogP contribution is -2.59. The summed E-state index contributed by atoms with van der Waals surface area (Å²) in [7, 11) is 0. The molecule has 0 radical (unpaired) electrons. The highest BCUT2D eigenvalue weighted by atomic mass is 32.1. The Balaban J connectivity index is 1.34. The first-order valence-electron chi connectivity index (χ1n) is 17.7. The van der Waals surface area contributed by atoms with Gasteiger partial charge in [0.05, 0.1) is 0 Å². The molecule has 2 aliphatic heterocycles. The van der Waals surface area contributed by atoms with Crippen LogP contribution in [0.15, 0.2) is 121 Å². The summed E-state index contributed by atoms with van der Waals surface area (Å²) in [6.07, 6.45) is -0.0664. The van der Waals surface area contributed by atoms with Crippen molar-refractivity contribution in [3.05, 3.63) is 148 Å². The van der Waals surface area contributed by atoms with Gasteiger partial charge in [-0.05, 0) is 63.5 Å². The van der Waals surface area contributed by atoms with E-state index in [4.69, 9.17) is 4.74 Å². The van der Waals surface area contributed by atoms with Gasteiger partial charge in [0, 0.05) is 30.6 Å². The molecule has 1 aromatic heterocycles. The average molecular weight is 763 g/mol. The first-order valence-corrected chi connectivity index (χ1v) is 18.5. The molecule has 2 bridgehead atoms. The molecule has 7 rings (SSSR count). The second-order valence-corrected chi connectivity index (χ2v) is 14.2. The topological polar surface area (TPSA) is 163 Å². The van der Waals surface area contributed by atoms with Crippen LogP contribution in [0.2, 0.25) is 0 Å². The van der Waals surface area contributed by atoms with Crippen molar-refractivity contribution in [2.24, 2.45) is 0 Å². The van der Waals surface area contributed by atoms with Crippen molar-refractivity contribution in [3.63, 3.8) is 0 Å². The molecule has 5 N–H and O–H groups in total. The van der Waals surface area contributed by atoms with Crippen molar-refractivity contribution >= 4 is 40.9 Å². The lowest BCUT2D eigenvalue weighted by atomic mass is 9.99. The number of carbonyl (C=O) groups excluding carboxylic acids is 4. The largest absolute Gasteiger partial charge is 0.484 e. The minimum Gasteiger partial charge on any atom is -0.484 e. The van der Waals surface area contributed by atoms with Gasteiger partial charge >= 0.3 is 5.97 Å². The van der Waals surface area contributed by atoms with Crippen molar-refractivity contribution in [3.8, 4) is 16.9 Å². The van der Waals surface area contributed by atoms with E-state index < -0.39 is 66.2 Å². The summed E-state index contributed by atoms with van der Waals surface area (Å²) in [6.45, 7) is -0.413. The Bertz CT molecular complexity index is 2090. The second-order valence-electron chi connectivity index (χ2n) is 13.2. The molecule has 0 spiro atoms. The number of carboxylic acids is 1. The molecule has 282 valence electrons. The highest BCUT2D eigenvalue weighted by Gasteiger charge is 2.32. The highest BCUT2D eigenvalue weighted by molar-refractivity contribution is 7.09. The summed E-state index contributed by atoms with van der Waals surface area (Å²) in [6, 6.07) is 27.6. The maximum absolute atomic E-state index is 14.3. The smallest absolute Gasteiger partial charge is 0.326 e. The van der Waals surface area contributed by atoms with Crippen LogP contribution in [-0.4, -0.2) is 65.5 Å². The minimum absolute atomic E-state index is 0.00599. The van der Waals surface area contributed by atoms with E-state index in [-0.39, 0.29) is 25.7 Å². The number of carboxylic acid groups (broad SMARTS) is 1. The summed E-state index contributed by atoms with van der Waals surface area (Å²) in [5.41, 5.74) is 3.69. The van der Waals surface area contributed by atoms with E-state index in [0.29, 0.717) is 22.4 Å². The zero-order chi connectivity index (χ0) is 38.7. The van der Waals surface area contributed by atoms with E-state index in [1.165, 1.54) is 35.6 Å². The van der Waals surface area contributed by atoms with E-state index in [9.17, 15) is 33.5 Å². The van der Waals surface area contributed by atoms with E-state index >= 15 is 0 Å². The van der Waals surface area contributed by atoms with Crippen LogP contribution in [0, 0.1) is 5.82 Å². The third-order valence-corrected chi connectivity index (χ3v) is 10.0. The zero-order valence-corrected chi connectivity index (χ0v) is 30.4. The number of rotatable bonds is 8. The molecule has 55 heavy (non-hydrogen) atoms. The number of fused-ring (bicyclic) bond motifs is 16. The van der Waals surface area contributed by atoms with Gasteiger partial charge in [-0.15, -0.1) is 11.3 Å². The lowest BCUT2D eigenvalue weighted by Gasteiger charge is -2.26. The van der Waals surface area contributed by atoms with Crippen molar-refractivity contribution in [2.75, 3.05) is 6.61 Å². The molecule has 0 aliphatic carbocycles. The van der Waals surface area contributed by atoms with Crippen LogP contribution < -0.4 is 26.0 Å². The molecule has 4 atom stereocenters. The molecular formula is C42H39FN4O7S. The van der Waals surface area contributed by atoms with Crippen LogP contribution in [-0.2, 0) is 49.7 Å². The molecular weight excluding hydrogens is 724 g/mol. The van der Waals surface area contributed by atoms with Crippen LogP contribution in [0.5, 0.6) is 5.75 Å². The third-order valence-electron chi connectivity index (χ3n) is 9.10. The number of carbonyl (C=O) groups is 5. The summed E-state index contributed by atoms with van der Waals surface area (Å²) in [5, 5.41) is 22.8. The first kappa shape index (κ1) is 38.4. The van der Waals surface area contributed by atoms with Crippen LogP contribution in [0.4, 0.5) is 4.39 Å². The van der Waals surface area contributed by atoms with E-state index in [0.717, 1.165) is 16.0 Å². The molecule has 0 fully saturated rings. The monoisotopic (exact) mass is 762 g/mol. The second kappa shape index (κ2) is 18.1. The molecule has 5 aromatic rings. The van der Waals surface area contributed by atoms with Crippen molar-refractivity contribution < 1.29 is 38.2 Å². The quantitative estimate of drug-likeness (QED) is 0.148. The third kappa shape index (κ3) is 10.9. The fourth-order valence-electron chi connectivity index (χ4n) is 6.17. The Morgan fingerprint density at radius 1 is 0.655 bits per heavy atom. The van der Waals surface area contributed by atoms with Crippen LogP contribution in [0.25, 0.3) is 11.1 Å². The van der Waals surface area contributed by atoms with Gasteiger partial charge in [-0.1, -0.05) is 84.9 Å². The van der Waals surface area contributed by atoms with Gasteiger partial charge in [0.2, 0.25) is 17.7 Å². The summed E-state index contributed by atoms with van der Waals surface area (Å²) in [4.78, 5) is 68.6. The maximum atomic E-state index is 14.3. The van der Waals surface area contributed by atoms with Gasteiger partial charge in [-0.25, -0.2) is 9.18 Å². The zero-order valence-electron chi connectivity index (χ0n) is 29.6. The van der Waals surface area contributed by atoms with Gasteiger partial charge in [0.25, 0.3) is 5.91 Å². The Hall–Kier alpha value is -6.34. The maximum Gasteiger partial charge on any atom is 0.326 e. The Morgan fingerprint density at radius 3 is 1.80 bits per heavy atom. The van der Waals surface area contributed by atoms with Crippen molar-refractivity contribution in [1.29, 1.82) is 0 Å². The molecule has 0 saturated carbocycles. The molecule has 11 nitrogen and oxygen atoms in total. The minimum atomic E-state index is -1.38. The molecule has 0 unspecified atom stereocenters. The molecule has 4 aromatic carbocycles. The molecule has 2 aliphatic rings. The van der Waals surface area contributed by atoms with E-state index in [1.807, 2.05) is 72.1 Å². The summed E-state index contributed by atoms with van der Waals surface area (Å²) >= 11 is 1.41.